The molecule has 3 rings (SSSR count). The fourth-order valence-electron chi connectivity index (χ4n) is 3.45. The zero-order valence-electron chi connectivity index (χ0n) is 15.3. The molecule has 1 aromatic heterocycles. The Hall–Kier alpha value is -2.42. The van der Waals surface area contributed by atoms with Gasteiger partial charge in [0, 0.05) is 17.6 Å². The first-order valence-corrected chi connectivity index (χ1v) is 8.91. The standard InChI is InChI=1S/C15H20N2.C4H6O6/c1-11-13(8-3-9-16)14-7-2-5-12-6-4-10-17(11)15(12)14;5-1(3(7)8)2(6)4(9)10/h2,5,7H,3-4,6,8-10,16H2,1H3;1-2,5-6H,(H,7,8)(H,9,10)/t;1-,2-/m.1/s1. The van der Waals surface area contributed by atoms with Gasteiger partial charge in [-0.15, -0.1) is 0 Å². The van der Waals surface area contributed by atoms with Gasteiger partial charge < -0.3 is 30.7 Å². The number of carboxylic acid groups (broad SMARTS) is 2. The largest absolute Gasteiger partial charge is 0.479 e. The van der Waals surface area contributed by atoms with Gasteiger partial charge in [0.1, 0.15) is 0 Å². The highest BCUT2D eigenvalue weighted by Gasteiger charge is 2.29. The van der Waals surface area contributed by atoms with E-state index in [2.05, 4.69) is 29.7 Å². The van der Waals surface area contributed by atoms with Crippen molar-refractivity contribution in [2.45, 2.75) is 51.4 Å². The Morgan fingerprint density at radius 3 is 2.37 bits per heavy atom. The minimum atomic E-state index is -2.27. The molecule has 1 aliphatic heterocycles. The van der Waals surface area contributed by atoms with Crippen LogP contribution in [-0.4, -0.2) is 55.7 Å². The summed E-state index contributed by atoms with van der Waals surface area (Å²) in [4.78, 5) is 19.5. The second-order valence-electron chi connectivity index (χ2n) is 6.59. The maximum absolute atomic E-state index is 9.77. The first kappa shape index (κ1) is 20.9. The van der Waals surface area contributed by atoms with Gasteiger partial charge in [0.25, 0.3) is 0 Å². The summed E-state index contributed by atoms with van der Waals surface area (Å²) in [6, 6.07) is 6.77. The zero-order valence-corrected chi connectivity index (χ0v) is 15.3. The Labute approximate surface area is 156 Å². The number of nitrogens with zero attached hydrogens (tertiary/aromatic N) is 1. The van der Waals surface area contributed by atoms with E-state index in [0.29, 0.717) is 0 Å². The second kappa shape index (κ2) is 8.98. The van der Waals surface area contributed by atoms with Crippen molar-refractivity contribution >= 4 is 22.8 Å². The molecule has 1 aliphatic rings. The van der Waals surface area contributed by atoms with Crippen LogP contribution in [0.4, 0.5) is 0 Å². The molecule has 0 amide bonds. The van der Waals surface area contributed by atoms with E-state index < -0.39 is 24.1 Å². The van der Waals surface area contributed by atoms with Gasteiger partial charge in [-0.05, 0) is 50.3 Å². The lowest BCUT2D eigenvalue weighted by atomic mass is 10.0. The quantitative estimate of drug-likeness (QED) is 0.496. The highest BCUT2D eigenvalue weighted by Crippen LogP contribution is 2.32. The number of aryl methyl sites for hydroxylation is 3. The Morgan fingerprint density at radius 2 is 1.81 bits per heavy atom. The number of carboxylic acids is 2. The van der Waals surface area contributed by atoms with Gasteiger partial charge in [0.15, 0.2) is 12.2 Å². The Kier molecular flexibility index (Phi) is 6.95. The van der Waals surface area contributed by atoms with Gasteiger partial charge >= 0.3 is 11.9 Å². The number of hydrogen-bond acceptors (Lipinski definition) is 5. The van der Waals surface area contributed by atoms with E-state index in [1.54, 1.807) is 0 Å². The summed E-state index contributed by atoms with van der Waals surface area (Å²) >= 11 is 0. The molecule has 0 spiro atoms. The molecule has 0 radical (unpaired) electrons. The summed E-state index contributed by atoms with van der Waals surface area (Å²) in [5.74, 6) is -3.54. The molecule has 8 heteroatoms. The summed E-state index contributed by atoms with van der Waals surface area (Å²) in [5, 5.41) is 34.0. The molecule has 6 N–H and O–H groups in total. The third kappa shape index (κ3) is 4.47. The molecule has 0 saturated carbocycles. The van der Waals surface area contributed by atoms with E-state index in [0.717, 1.165) is 19.4 Å². The summed E-state index contributed by atoms with van der Waals surface area (Å²) in [6.45, 7) is 4.23. The van der Waals surface area contributed by atoms with Crippen LogP contribution in [0.25, 0.3) is 10.9 Å². The molecule has 0 bridgehead atoms. The molecule has 0 aliphatic carbocycles. The van der Waals surface area contributed by atoms with E-state index in [1.165, 1.54) is 47.1 Å². The second-order valence-corrected chi connectivity index (χ2v) is 6.59. The van der Waals surface area contributed by atoms with Crippen LogP contribution in [0.15, 0.2) is 18.2 Å². The van der Waals surface area contributed by atoms with Crippen LogP contribution in [0.3, 0.4) is 0 Å². The lowest BCUT2D eigenvalue weighted by Crippen LogP contribution is -2.39. The summed E-state index contributed by atoms with van der Waals surface area (Å²) < 4.78 is 2.51. The predicted octanol–water partition coefficient (Wildman–Crippen LogP) is 0.665. The van der Waals surface area contributed by atoms with Crippen LogP contribution in [0.1, 0.15) is 29.7 Å². The summed E-state index contributed by atoms with van der Waals surface area (Å²) in [5.41, 5.74) is 11.6. The van der Waals surface area contributed by atoms with E-state index in [4.69, 9.17) is 26.2 Å². The number of aliphatic hydroxyl groups excluding tert-OH is 2. The average Bonchev–Trinajstić information content (AvgIpc) is 2.93. The third-order valence-electron chi connectivity index (χ3n) is 4.82. The zero-order chi connectivity index (χ0) is 20.1. The number of para-hydroxylation sites is 1. The maximum Gasteiger partial charge on any atom is 0.335 e. The summed E-state index contributed by atoms with van der Waals surface area (Å²) in [6.07, 6.45) is 0.184. The van der Waals surface area contributed by atoms with Crippen LogP contribution in [-0.2, 0) is 29.0 Å². The molecule has 0 saturated heterocycles. The minimum Gasteiger partial charge on any atom is -0.479 e. The normalized spacial score (nSPS) is 15.0. The molecule has 0 fully saturated rings. The van der Waals surface area contributed by atoms with Crippen molar-refractivity contribution in [3.8, 4) is 0 Å². The van der Waals surface area contributed by atoms with Crippen LogP contribution in [0, 0.1) is 6.92 Å². The number of hydrogen-bond donors (Lipinski definition) is 5. The van der Waals surface area contributed by atoms with Gasteiger partial charge in [-0.3, -0.25) is 0 Å². The number of aromatic nitrogens is 1. The molecule has 27 heavy (non-hydrogen) atoms. The predicted molar refractivity (Wildman–Crippen MR) is 99.7 cm³/mol. The summed E-state index contributed by atoms with van der Waals surface area (Å²) in [7, 11) is 0. The SMILES string of the molecule is Cc1c(CCCN)c2cccc3c2n1CCC3.O=C(O)[C@H](O)[C@@H](O)C(=O)O. The highest BCUT2D eigenvalue weighted by molar-refractivity contribution is 5.88. The van der Waals surface area contributed by atoms with Crippen molar-refractivity contribution in [3.05, 3.63) is 35.0 Å². The molecular formula is C19H26N2O6. The van der Waals surface area contributed by atoms with Gasteiger partial charge in [-0.2, -0.15) is 0 Å². The van der Waals surface area contributed by atoms with Crippen molar-refractivity contribution in [1.29, 1.82) is 0 Å². The van der Waals surface area contributed by atoms with Crippen molar-refractivity contribution < 1.29 is 30.0 Å². The Morgan fingerprint density at radius 1 is 1.19 bits per heavy atom. The minimum absolute atomic E-state index is 0.784. The highest BCUT2D eigenvalue weighted by atomic mass is 16.4. The molecule has 2 aromatic rings. The fourth-order valence-corrected chi connectivity index (χ4v) is 3.45. The molecule has 8 nitrogen and oxygen atoms in total. The first-order chi connectivity index (χ1) is 12.8. The van der Waals surface area contributed by atoms with Crippen molar-refractivity contribution in [2.24, 2.45) is 5.73 Å². The molecule has 0 unspecified atom stereocenters. The van der Waals surface area contributed by atoms with Crippen LogP contribution in [0.5, 0.6) is 0 Å². The van der Waals surface area contributed by atoms with E-state index in [1.807, 2.05) is 0 Å². The molecular weight excluding hydrogens is 352 g/mol. The number of rotatable bonds is 6. The molecule has 1 aromatic carbocycles. The van der Waals surface area contributed by atoms with Crippen LogP contribution < -0.4 is 5.73 Å². The Bertz CT molecular complexity index is 811. The number of aliphatic hydroxyl groups is 2. The molecule has 2 atom stereocenters. The monoisotopic (exact) mass is 378 g/mol. The first-order valence-electron chi connectivity index (χ1n) is 8.91. The van der Waals surface area contributed by atoms with E-state index >= 15 is 0 Å². The van der Waals surface area contributed by atoms with Gasteiger partial charge in [0.05, 0.1) is 5.52 Å². The maximum atomic E-state index is 9.77. The van der Waals surface area contributed by atoms with Gasteiger partial charge in [-0.1, -0.05) is 18.2 Å². The average molecular weight is 378 g/mol. The Balaban J connectivity index is 0.000000227. The lowest BCUT2D eigenvalue weighted by molar-refractivity contribution is -0.165. The number of aliphatic carboxylic acids is 2. The topological polar surface area (TPSA) is 146 Å². The van der Waals surface area contributed by atoms with E-state index in [-0.39, 0.29) is 0 Å². The number of nitrogens with two attached hydrogens (primary N) is 1. The molecule has 148 valence electrons. The third-order valence-corrected chi connectivity index (χ3v) is 4.82. The van der Waals surface area contributed by atoms with Crippen molar-refractivity contribution in [3.63, 3.8) is 0 Å². The van der Waals surface area contributed by atoms with Crippen LogP contribution in [0.2, 0.25) is 0 Å². The van der Waals surface area contributed by atoms with Gasteiger partial charge in [-0.25, -0.2) is 9.59 Å². The van der Waals surface area contributed by atoms with Crippen molar-refractivity contribution in [2.75, 3.05) is 6.54 Å². The lowest BCUT2D eigenvalue weighted by Gasteiger charge is -2.16. The van der Waals surface area contributed by atoms with Crippen molar-refractivity contribution in [1.82, 2.24) is 4.57 Å². The van der Waals surface area contributed by atoms with E-state index in [9.17, 15) is 9.59 Å². The molecule has 2 heterocycles. The number of carbonyl (C=O) groups is 2. The van der Waals surface area contributed by atoms with Crippen LogP contribution >= 0.6 is 0 Å². The number of benzene rings is 1. The van der Waals surface area contributed by atoms with Gasteiger partial charge in [0.2, 0.25) is 0 Å². The smallest absolute Gasteiger partial charge is 0.335 e. The fraction of sp³-hybridized carbons (Fsp3) is 0.474.